The van der Waals surface area contributed by atoms with Crippen LogP contribution in [-0.4, -0.2) is 4.98 Å². The fourth-order valence-corrected chi connectivity index (χ4v) is 3.38. The maximum atomic E-state index is 4.67. The highest BCUT2D eigenvalue weighted by atomic mass is 15.0. The summed E-state index contributed by atoms with van der Waals surface area (Å²) in [7, 11) is 0. The van der Waals surface area contributed by atoms with Crippen LogP contribution >= 0.6 is 0 Å². The van der Waals surface area contributed by atoms with Crippen molar-refractivity contribution < 1.29 is 0 Å². The standard InChI is InChI=1S/C26H24N2/c1-19-10-14-22(15-11-19)25(23-16-12-20(2)13-17-23)28-26-24(9-6-18-27-26)21-7-4-3-5-8-21/h3-18,25H,1-2H3,(H,27,28). The molecule has 2 nitrogen and oxygen atoms in total. The molecule has 0 aliphatic heterocycles. The quantitative estimate of drug-likeness (QED) is 0.433. The smallest absolute Gasteiger partial charge is 0.134 e. The van der Waals surface area contributed by atoms with Gasteiger partial charge in [0.1, 0.15) is 5.82 Å². The first-order valence-electron chi connectivity index (χ1n) is 9.61. The molecule has 0 aliphatic carbocycles. The molecule has 138 valence electrons. The summed E-state index contributed by atoms with van der Waals surface area (Å²) in [4.78, 5) is 4.67. The Morgan fingerprint density at radius 3 is 1.79 bits per heavy atom. The summed E-state index contributed by atoms with van der Waals surface area (Å²) in [5.41, 5.74) is 7.22. The summed E-state index contributed by atoms with van der Waals surface area (Å²) in [5.74, 6) is 0.889. The van der Waals surface area contributed by atoms with Crippen LogP contribution in [0.15, 0.2) is 97.2 Å². The summed E-state index contributed by atoms with van der Waals surface area (Å²) in [5, 5.41) is 3.71. The van der Waals surface area contributed by atoms with E-state index in [0.29, 0.717) is 0 Å². The fourth-order valence-electron chi connectivity index (χ4n) is 3.38. The Kier molecular flexibility index (Phi) is 5.20. The monoisotopic (exact) mass is 364 g/mol. The Morgan fingerprint density at radius 1 is 0.643 bits per heavy atom. The third-order valence-electron chi connectivity index (χ3n) is 4.99. The van der Waals surface area contributed by atoms with Gasteiger partial charge in [-0.25, -0.2) is 4.98 Å². The minimum atomic E-state index is 0.0264. The third-order valence-corrected chi connectivity index (χ3v) is 4.99. The van der Waals surface area contributed by atoms with Crippen molar-refractivity contribution in [3.63, 3.8) is 0 Å². The van der Waals surface area contributed by atoms with E-state index in [0.717, 1.165) is 16.9 Å². The molecule has 3 aromatic carbocycles. The van der Waals surface area contributed by atoms with Gasteiger partial charge in [-0.2, -0.15) is 0 Å². The van der Waals surface area contributed by atoms with Gasteiger partial charge in [-0.1, -0.05) is 90.0 Å². The molecule has 0 saturated heterocycles. The molecule has 0 spiro atoms. The highest BCUT2D eigenvalue weighted by Gasteiger charge is 2.17. The molecule has 1 heterocycles. The van der Waals surface area contributed by atoms with E-state index >= 15 is 0 Å². The first-order chi connectivity index (χ1) is 13.7. The van der Waals surface area contributed by atoms with Crippen molar-refractivity contribution in [1.29, 1.82) is 0 Å². The normalized spacial score (nSPS) is 10.8. The lowest BCUT2D eigenvalue weighted by Gasteiger charge is -2.22. The van der Waals surface area contributed by atoms with Crippen molar-refractivity contribution in [2.75, 3.05) is 5.32 Å². The van der Waals surface area contributed by atoms with E-state index in [1.54, 1.807) is 0 Å². The number of hydrogen-bond donors (Lipinski definition) is 1. The van der Waals surface area contributed by atoms with E-state index in [9.17, 15) is 0 Å². The SMILES string of the molecule is Cc1ccc(C(Nc2ncccc2-c2ccccc2)c2ccc(C)cc2)cc1. The van der Waals surface area contributed by atoms with Crippen LogP contribution < -0.4 is 5.32 Å². The number of aryl methyl sites for hydroxylation is 2. The highest BCUT2D eigenvalue weighted by molar-refractivity contribution is 5.75. The zero-order chi connectivity index (χ0) is 19.3. The minimum absolute atomic E-state index is 0.0264. The lowest BCUT2D eigenvalue weighted by Crippen LogP contribution is -2.14. The Labute approximate surface area is 166 Å². The fraction of sp³-hybridized carbons (Fsp3) is 0.115. The third kappa shape index (κ3) is 3.96. The molecule has 0 atom stereocenters. The van der Waals surface area contributed by atoms with Gasteiger partial charge in [0.2, 0.25) is 0 Å². The van der Waals surface area contributed by atoms with E-state index < -0.39 is 0 Å². The van der Waals surface area contributed by atoms with Crippen molar-refractivity contribution in [3.8, 4) is 11.1 Å². The van der Waals surface area contributed by atoms with Gasteiger partial charge in [0, 0.05) is 11.8 Å². The zero-order valence-corrected chi connectivity index (χ0v) is 16.3. The Bertz CT molecular complexity index is 990. The van der Waals surface area contributed by atoms with Gasteiger partial charge in [-0.05, 0) is 42.7 Å². The second-order valence-corrected chi connectivity index (χ2v) is 7.16. The van der Waals surface area contributed by atoms with Gasteiger partial charge in [0.05, 0.1) is 6.04 Å². The van der Waals surface area contributed by atoms with Crippen molar-refractivity contribution in [2.45, 2.75) is 19.9 Å². The molecular weight excluding hydrogens is 340 g/mol. The Balaban J connectivity index is 1.77. The minimum Gasteiger partial charge on any atom is -0.359 e. The van der Waals surface area contributed by atoms with Crippen LogP contribution in [0.2, 0.25) is 0 Å². The summed E-state index contributed by atoms with van der Waals surface area (Å²) >= 11 is 0. The maximum absolute atomic E-state index is 4.67. The molecule has 2 heteroatoms. The van der Waals surface area contributed by atoms with Crippen LogP contribution in [0.4, 0.5) is 5.82 Å². The van der Waals surface area contributed by atoms with Crippen LogP contribution in [0.3, 0.4) is 0 Å². The molecule has 4 rings (SSSR count). The summed E-state index contributed by atoms with van der Waals surface area (Å²) in [6.07, 6.45) is 1.84. The molecule has 0 amide bonds. The van der Waals surface area contributed by atoms with Crippen LogP contribution in [-0.2, 0) is 0 Å². The largest absolute Gasteiger partial charge is 0.359 e. The van der Waals surface area contributed by atoms with E-state index in [4.69, 9.17) is 0 Å². The van der Waals surface area contributed by atoms with Gasteiger partial charge < -0.3 is 5.32 Å². The van der Waals surface area contributed by atoms with Gasteiger partial charge in [0.15, 0.2) is 0 Å². The second-order valence-electron chi connectivity index (χ2n) is 7.16. The van der Waals surface area contributed by atoms with Gasteiger partial charge in [-0.15, -0.1) is 0 Å². The number of hydrogen-bond acceptors (Lipinski definition) is 2. The number of anilines is 1. The molecule has 0 aliphatic rings. The first-order valence-corrected chi connectivity index (χ1v) is 9.61. The number of aromatic nitrogens is 1. The van der Waals surface area contributed by atoms with Crippen LogP contribution in [0.25, 0.3) is 11.1 Å². The Morgan fingerprint density at radius 2 is 1.21 bits per heavy atom. The lowest BCUT2D eigenvalue weighted by atomic mass is 9.96. The summed E-state index contributed by atoms with van der Waals surface area (Å²) in [6.45, 7) is 4.23. The molecule has 4 aromatic rings. The predicted molar refractivity (Wildman–Crippen MR) is 117 cm³/mol. The van der Waals surface area contributed by atoms with Crippen LogP contribution in [0.1, 0.15) is 28.3 Å². The van der Waals surface area contributed by atoms with Crippen LogP contribution in [0.5, 0.6) is 0 Å². The number of benzene rings is 3. The average molecular weight is 364 g/mol. The van der Waals surface area contributed by atoms with Crippen LogP contribution in [0, 0.1) is 13.8 Å². The van der Waals surface area contributed by atoms with E-state index in [1.807, 2.05) is 18.3 Å². The molecule has 0 fully saturated rings. The number of nitrogens with zero attached hydrogens (tertiary/aromatic N) is 1. The molecule has 0 radical (unpaired) electrons. The van der Waals surface area contributed by atoms with Crippen molar-refractivity contribution in [1.82, 2.24) is 4.98 Å². The maximum Gasteiger partial charge on any atom is 0.134 e. The molecule has 1 N–H and O–H groups in total. The molecule has 1 aromatic heterocycles. The molecule has 0 bridgehead atoms. The summed E-state index contributed by atoms with van der Waals surface area (Å²) < 4.78 is 0. The van der Waals surface area contributed by atoms with Gasteiger partial charge >= 0.3 is 0 Å². The predicted octanol–water partition coefficient (Wildman–Crippen LogP) is 6.57. The van der Waals surface area contributed by atoms with E-state index in [-0.39, 0.29) is 6.04 Å². The molecule has 28 heavy (non-hydrogen) atoms. The summed E-state index contributed by atoms with van der Waals surface area (Å²) in [6, 6.07) is 31.9. The zero-order valence-electron chi connectivity index (χ0n) is 16.3. The van der Waals surface area contributed by atoms with Crippen molar-refractivity contribution in [3.05, 3.63) is 119 Å². The van der Waals surface area contributed by atoms with Gasteiger partial charge in [-0.3, -0.25) is 0 Å². The molecular formula is C26H24N2. The second kappa shape index (κ2) is 8.10. The number of nitrogens with one attached hydrogen (secondary N) is 1. The number of pyridine rings is 1. The number of rotatable bonds is 5. The van der Waals surface area contributed by atoms with E-state index in [2.05, 4.69) is 103 Å². The van der Waals surface area contributed by atoms with E-state index in [1.165, 1.54) is 22.3 Å². The first kappa shape index (κ1) is 18.0. The molecule has 0 unspecified atom stereocenters. The Hall–Kier alpha value is -3.39. The molecule has 0 saturated carbocycles. The van der Waals surface area contributed by atoms with Gasteiger partial charge in [0.25, 0.3) is 0 Å². The van der Waals surface area contributed by atoms with Crippen molar-refractivity contribution in [2.24, 2.45) is 0 Å². The average Bonchev–Trinajstić information content (AvgIpc) is 2.74. The highest BCUT2D eigenvalue weighted by Crippen LogP contribution is 2.32. The topological polar surface area (TPSA) is 24.9 Å². The van der Waals surface area contributed by atoms with Crippen molar-refractivity contribution >= 4 is 5.82 Å². The lowest BCUT2D eigenvalue weighted by molar-refractivity contribution is 0.925.